The summed E-state index contributed by atoms with van der Waals surface area (Å²) in [6.45, 7) is 5.38. The van der Waals surface area contributed by atoms with E-state index in [9.17, 15) is 4.39 Å². The maximum Gasteiger partial charge on any atom is 0.132 e. The fraction of sp³-hybridized carbons (Fsp3) is 0.250. The summed E-state index contributed by atoms with van der Waals surface area (Å²) in [5.74, 6) is -0.440. The summed E-state index contributed by atoms with van der Waals surface area (Å²) < 4.78 is 18.6. The molecule has 3 nitrogen and oxygen atoms in total. The van der Waals surface area contributed by atoms with Crippen LogP contribution in [0.5, 0.6) is 0 Å². The van der Waals surface area contributed by atoms with Crippen LogP contribution >= 0.6 is 0 Å². The van der Waals surface area contributed by atoms with Crippen LogP contribution in [0.25, 0.3) is 0 Å². The highest BCUT2D eigenvalue weighted by atomic mass is 19.1. The van der Waals surface area contributed by atoms with Gasteiger partial charge in [0.15, 0.2) is 0 Å². The van der Waals surface area contributed by atoms with Crippen LogP contribution in [0.15, 0.2) is 42.1 Å². The van der Waals surface area contributed by atoms with E-state index in [1.165, 1.54) is 12.1 Å². The first kappa shape index (κ1) is 12.4. The Bertz CT molecular complexity index is 390. The van der Waals surface area contributed by atoms with E-state index in [0.717, 1.165) is 0 Å². The Balaban J connectivity index is 2.77. The predicted octanol–water partition coefficient (Wildman–Crippen LogP) is 2.60. The van der Waals surface area contributed by atoms with Crippen LogP contribution in [0.1, 0.15) is 12.5 Å². The van der Waals surface area contributed by atoms with Crippen LogP contribution in [0.3, 0.4) is 0 Å². The molecule has 1 aromatic rings. The molecule has 0 aliphatic carbocycles. The Morgan fingerprint density at radius 3 is 2.88 bits per heavy atom. The maximum absolute atomic E-state index is 13.4. The lowest BCUT2D eigenvalue weighted by Gasteiger charge is -2.10. The van der Waals surface area contributed by atoms with Crippen LogP contribution in [0.2, 0.25) is 0 Å². The average molecular weight is 223 g/mol. The van der Waals surface area contributed by atoms with Crippen LogP contribution < -0.4 is 0 Å². The van der Waals surface area contributed by atoms with E-state index in [4.69, 9.17) is 9.94 Å². The minimum atomic E-state index is -0.440. The van der Waals surface area contributed by atoms with Gasteiger partial charge in [-0.3, -0.25) is 0 Å². The highest BCUT2D eigenvalue weighted by Crippen LogP contribution is 2.09. The first-order valence-electron chi connectivity index (χ1n) is 4.89. The zero-order valence-electron chi connectivity index (χ0n) is 9.06. The van der Waals surface area contributed by atoms with Crippen molar-refractivity contribution in [3.63, 3.8) is 0 Å². The quantitative estimate of drug-likeness (QED) is 0.361. The van der Waals surface area contributed by atoms with Crippen LogP contribution in [0.4, 0.5) is 4.39 Å². The molecule has 86 valence electrons. The lowest BCUT2D eigenvalue weighted by molar-refractivity contribution is 0.130. The lowest BCUT2D eigenvalue weighted by Crippen LogP contribution is -2.16. The minimum Gasteiger partial charge on any atom is -0.411 e. The molecule has 0 bridgehead atoms. The van der Waals surface area contributed by atoms with Gasteiger partial charge in [-0.15, -0.1) is 6.58 Å². The predicted molar refractivity (Wildman–Crippen MR) is 60.3 cm³/mol. The van der Waals surface area contributed by atoms with Gasteiger partial charge in [0.1, 0.15) is 11.5 Å². The number of hydrogen-bond donors (Lipinski definition) is 1. The molecule has 0 saturated carbocycles. The molecule has 1 rings (SSSR count). The Labute approximate surface area is 93.9 Å². The molecule has 1 atom stereocenters. The molecule has 16 heavy (non-hydrogen) atoms. The van der Waals surface area contributed by atoms with Crippen LogP contribution in [0, 0.1) is 5.82 Å². The second-order valence-corrected chi connectivity index (χ2v) is 3.28. The fourth-order valence-electron chi connectivity index (χ4n) is 1.13. The van der Waals surface area contributed by atoms with Crippen molar-refractivity contribution in [2.45, 2.75) is 13.0 Å². The number of benzene rings is 1. The molecule has 0 amide bonds. The van der Waals surface area contributed by atoms with E-state index >= 15 is 0 Å². The zero-order valence-corrected chi connectivity index (χ0v) is 9.06. The van der Waals surface area contributed by atoms with Crippen molar-refractivity contribution in [2.24, 2.45) is 5.16 Å². The highest BCUT2D eigenvalue weighted by Gasteiger charge is 2.10. The Kier molecular flexibility index (Phi) is 4.66. The summed E-state index contributed by atoms with van der Waals surface area (Å²) >= 11 is 0. The van der Waals surface area contributed by atoms with E-state index in [1.807, 2.05) is 0 Å². The summed E-state index contributed by atoms with van der Waals surface area (Å²) in [5, 5.41) is 11.8. The number of halogens is 1. The number of rotatable bonds is 5. The van der Waals surface area contributed by atoms with Crippen molar-refractivity contribution in [1.82, 2.24) is 0 Å². The number of ether oxygens (including phenoxy) is 1. The van der Waals surface area contributed by atoms with Crippen molar-refractivity contribution in [3.05, 3.63) is 48.3 Å². The molecule has 1 aromatic carbocycles. The smallest absolute Gasteiger partial charge is 0.132 e. The second kappa shape index (κ2) is 6.02. The van der Waals surface area contributed by atoms with Gasteiger partial charge in [-0.1, -0.05) is 23.4 Å². The molecule has 0 unspecified atom stereocenters. The molecule has 0 aliphatic heterocycles. The SMILES string of the molecule is C=C[C@@H](C)OC/C(=N\O)c1ccccc1F. The molecule has 0 heterocycles. The first-order valence-corrected chi connectivity index (χ1v) is 4.89. The molecule has 4 heteroatoms. The maximum atomic E-state index is 13.4. The molecule has 0 spiro atoms. The molecule has 1 N–H and O–H groups in total. The summed E-state index contributed by atoms with van der Waals surface area (Å²) in [5.41, 5.74) is 0.396. The molecule has 0 fully saturated rings. The van der Waals surface area contributed by atoms with Gasteiger partial charge >= 0.3 is 0 Å². The van der Waals surface area contributed by atoms with Gasteiger partial charge in [0.2, 0.25) is 0 Å². The van der Waals surface area contributed by atoms with E-state index in [2.05, 4.69) is 11.7 Å². The normalized spacial score (nSPS) is 13.5. The topological polar surface area (TPSA) is 41.8 Å². The molecule has 0 aliphatic rings. The van der Waals surface area contributed by atoms with Gasteiger partial charge in [-0.25, -0.2) is 4.39 Å². The molecule has 0 radical (unpaired) electrons. The van der Waals surface area contributed by atoms with Crippen molar-refractivity contribution in [3.8, 4) is 0 Å². The molecular formula is C12H14FNO2. The lowest BCUT2D eigenvalue weighted by atomic mass is 10.1. The third-order valence-corrected chi connectivity index (χ3v) is 2.12. The summed E-state index contributed by atoms with van der Waals surface area (Å²) in [7, 11) is 0. The van der Waals surface area contributed by atoms with Gasteiger partial charge in [-0.2, -0.15) is 0 Å². The second-order valence-electron chi connectivity index (χ2n) is 3.28. The molecule has 0 saturated heterocycles. The van der Waals surface area contributed by atoms with Crippen molar-refractivity contribution >= 4 is 5.71 Å². The summed E-state index contributed by atoms with van der Waals surface area (Å²) in [4.78, 5) is 0. The van der Waals surface area contributed by atoms with E-state index in [0.29, 0.717) is 0 Å². The van der Waals surface area contributed by atoms with E-state index in [-0.39, 0.29) is 24.0 Å². The van der Waals surface area contributed by atoms with Crippen molar-refractivity contribution in [2.75, 3.05) is 6.61 Å². The summed E-state index contributed by atoms with van der Waals surface area (Å²) in [6, 6.07) is 6.07. The van der Waals surface area contributed by atoms with Gasteiger partial charge in [0.05, 0.1) is 12.7 Å². The number of hydrogen-bond acceptors (Lipinski definition) is 3. The largest absolute Gasteiger partial charge is 0.411 e. The van der Waals surface area contributed by atoms with Crippen LogP contribution in [-0.4, -0.2) is 23.6 Å². The monoisotopic (exact) mass is 223 g/mol. The highest BCUT2D eigenvalue weighted by molar-refractivity contribution is 6.01. The first-order chi connectivity index (χ1) is 7.69. The summed E-state index contributed by atoms with van der Waals surface area (Å²) in [6.07, 6.45) is 1.43. The standard InChI is InChI=1S/C12H14FNO2/c1-3-9(2)16-8-12(14-15)10-6-4-5-7-11(10)13/h3-7,9,15H,1,8H2,2H3/b14-12+/t9-/m1/s1. The van der Waals surface area contributed by atoms with Gasteiger partial charge in [0.25, 0.3) is 0 Å². The third-order valence-electron chi connectivity index (χ3n) is 2.12. The third kappa shape index (κ3) is 3.17. The molecule has 0 aromatic heterocycles. The van der Waals surface area contributed by atoms with Crippen molar-refractivity contribution < 1.29 is 14.3 Å². The number of nitrogens with zero attached hydrogens (tertiary/aromatic N) is 1. The van der Waals surface area contributed by atoms with Gasteiger partial charge in [-0.05, 0) is 19.1 Å². The number of oxime groups is 1. The van der Waals surface area contributed by atoms with E-state index in [1.54, 1.807) is 25.1 Å². The van der Waals surface area contributed by atoms with Gasteiger partial charge in [0, 0.05) is 5.56 Å². The van der Waals surface area contributed by atoms with E-state index < -0.39 is 5.82 Å². The fourth-order valence-corrected chi connectivity index (χ4v) is 1.13. The Morgan fingerprint density at radius 1 is 1.62 bits per heavy atom. The average Bonchev–Trinajstić information content (AvgIpc) is 2.31. The molecular weight excluding hydrogens is 209 g/mol. The minimum absolute atomic E-state index is 0.0324. The van der Waals surface area contributed by atoms with Gasteiger partial charge < -0.3 is 9.94 Å². The van der Waals surface area contributed by atoms with Crippen LogP contribution in [-0.2, 0) is 4.74 Å². The Morgan fingerprint density at radius 2 is 2.31 bits per heavy atom. The zero-order chi connectivity index (χ0) is 12.0. The van der Waals surface area contributed by atoms with Crippen molar-refractivity contribution in [1.29, 1.82) is 0 Å². The Hall–Kier alpha value is -1.68.